The number of hydrogen-bond donors (Lipinski definition) is 1. The van der Waals surface area contributed by atoms with Gasteiger partial charge in [-0.15, -0.1) is 0 Å². The van der Waals surface area contributed by atoms with Crippen LogP contribution in [0.3, 0.4) is 0 Å². The summed E-state index contributed by atoms with van der Waals surface area (Å²) < 4.78 is 0. The van der Waals surface area contributed by atoms with Crippen LogP contribution in [-0.4, -0.2) is 34.9 Å². The van der Waals surface area contributed by atoms with E-state index in [1.54, 1.807) is 6.20 Å². The maximum absolute atomic E-state index is 12.4. The number of amides is 1. The molecule has 104 valence electrons. The second kappa shape index (κ2) is 6.15. The molecule has 1 saturated heterocycles. The number of nitrogens with zero attached hydrogens (tertiary/aromatic N) is 2. The first kappa shape index (κ1) is 14.0. The van der Waals surface area contributed by atoms with Gasteiger partial charge in [-0.05, 0) is 37.3 Å². The zero-order valence-electron chi connectivity index (χ0n) is 11.8. The largest absolute Gasteiger partial charge is 0.338 e. The van der Waals surface area contributed by atoms with E-state index in [1.807, 2.05) is 24.0 Å². The van der Waals surface area contributed by atoms with E-state index in [4.69, 9.17) is 5.73 Å². The first-order valence-corrected chi connectivity index (χ1v) is 7.02. The molecule has 1 aromatic heterocycles. The lowest BCUT2D eigenvalue weighted by Crippen LogP contribution is -2.49. The van der Waals surface area contributed by atoms with Crippen LogP contribution in [0, 0.1) is 12.8 Å². The number of carbonyl (C=O) groups is 1. The molecule has 2 atom stereocenters. The number of piperidine rings is 1. The highest BCUT2D eigenvalue weighted by molar-refractivity contribution is 5.79. The molecule has 19 heavy (non-hydrogen) atoms. The third-order valence-corrected chi connectivity index (χ3v) is 4.01. The average molecular weight is 261 g/mol. The van der Waals surface area contributed by atoms with Crippen LogP contribution in [0.1, 0.15) is 31.0 Å². The van der Waals surface area contributed by atoms with Crippen LogP contribution in [-0.2, 0) is 11.2 Å². The number of aromatic nitrogens is 1. The van der Waals surface area contributed by atoms with E-state index >= 15 is 0 Å². The van der Waals surface area contributed by atoms with Crippen LogP contribution in [0.2, 0.25) is 0 Å². The van der Waals surface area contributed by atoms with Crippen molar-refractivity contribution >= 4 is 5.91 Å². The van der Waals surface area contributed by atoms with Crippen LogP contribution in [0.5, 0.6) is 0 Å². The van der Waals surface area contributed by atoms with E-state index < -0.39 is 0 Å². The lowest BCUT2D eigenvalue weighted by atomic mass is 9.92. The van der Waals surface area contributed by atoms with Gasteiger partial charge in [0.1, 0.15) is 0 Å². The highest BCUT2D eigenvalue weighted by Gasteiger charge is 2.29. The van der Waals surface area contributed by atoms with Crippen LogP contribution in [0.15, 0.2) is 18.3 Å². The predicted octanol–water partition coefficient (Wildman–Crippen LogP) is 1.52. The van der Waals surface area contributed by atoms with Gasteiger partial charge in [0.25, 0.3) is 0 Å². The molecule has 4 heteroatoms. The number of hydrogen-bond acceptors (Lipinski definition) is 3. The summed E-state index contributed by atoms with van der Waals surface area (Å²) in [5.41, 5.74) is 7.76. The third kappa shape index (κ3) is 3.32. The van der Waals surface area contributed by atoms with Crippen molar-refractivity contribution in [2.45, 2.75) is 39.2 Å². The Kier molecular flexibility index (Phi) is 4.53. The Balaban J connectivity index is 2.05. The SMILES string of the molecule is Cc1cccnc1CC(=O)N1CCC(C)CC1CN. The molecule has 1 aliphatic rings. The Morgan fingerprint density at radius 2 is 2.37 bits per heavy atom. The molecular formula is C15H23N3O. The Morgan fingerprint density at radius 1 is 1.58 bits per heavy atom. The van der Waals surface area contributed by atoms with Crippen molar-refractivity contribution in [3.05, 3.63) is 29.6 Å². The first-order chi connectivity index (χ1) is 9.11. The van der Waals surface area contributed by atoms with Crippen molar-refractivity contribution in [2.75, 3.05) is 13.1 Å². The van der Waals surface area contributed by atoms with E-state index in [2.05, 4.69) is 11.9 Å². The minimum absolute atomic E-state index is 0.157. The lowest BCUT2D eigenvalue weighted by Gasteiger charge is -2.38. The van der Waals surface area contributed by atoms with Crippen LogP contribution in [0.4, 0.5) is 0 Å². The molecule has 0 bridgehead atoms. The fourth-order valence-corrected chi connectivity index (χ4v) is 2.75. The van der Waals surface area contributed by atoms with Gasteiger partial charge in [0.2, 0.25) is 5.91 Å². The Morgan fingerprint density at radius 3 is 3.05 bits per heavy atom. The summed E-state index contributed by atoms with van der Waals surface area (Å²) in [5.74, 6) is 0.818. The summed E-state index contributed by atoms with van der Waals surface area (Å²) in [6, 6.07) is 4.09. The van der Waals surface area contributed by atoms with Gasteiger partial charge in [0.15, 0.2) is 0 Å². The quantitative estimate of drug-likeness (QED) is 0.897. The molecule has 0 radical (unpaired) electrons. The minimum Gasteiger partial charge on any atom is -0.338 e. The van der Waals surface area contributed by atoms with Crippen molar-refractivity contribution in [3.8, 4) is 0 Å². The second-order valence-electron chi connectivity index (χ2n) is 5.55. The molecule has 0 aliphatic carbocycles. The summed E-state index contributed by atoms with van der Waals surface area (Å²) in [6.07, 6.45) is 4.22. The van der Waals surface area contributed by atoms with Crippen molar-refractivity contribution in [2.24, 2.45) is 11.7 Å². The molecule has 1 amide bonds. The predicted molar refractivity (Wildman–Crippen MR) is 75.6 cm³/mol. The summed E-state index contributed by atoms with van der Waals surface area (Å²) in [7, 11) is 0. The zero-order valence-corrected chi connectivity index (χ0v) is 11.8. The van der Waals surface area contributed by atoms with E-state index in [9.17, 15) is 4.79 Å². The summed E-state index contributed by atoms with van der Waals surface area (Å²) in [4.78, 5) is 18.7. The number of pyridine rings is 1. The van der Waals surface area contributed by atoms with Gasteiger partial charge in [-0.1, -0.05) is 13.0 Å². The van der Waals surface area contributed by atoms with E-state index in [-0.39, 0.29) is 11.9 Å². The molecule has 1 aliphatic heterocycles. The van der Waals surface area contributed by atoms with Gasteiger partial charge in [0, 0.05) is 25.3 Å². The van der Waals surface area contributed by atoms with Crippen molar-refractivity contribution < 1.29 is 4.79 Å². The van der Waals surface area contributed by atoms with Crippen LogP contribution < -0.4 is 5.73 Å². The van der Waals surface area contributed by atoms with Gasteiger partial charge in [-0.25, -0.2) is 0 Å². The number of aryl methyl sites for hydroxylation is 1. The highest BCUT2D eigenvalue weighted by Crippen LogP contribution is 2.22. The second-order valence-corrected chi connectivity index (χ2v) is 5.55. The molecule has 4 nitrogen and oxygen atoms in total. The molecule has 2 N–H and O–H groups in total. The topological polar surface area (TPSA) is 59.2 Å². The molecule has 0 aromatic carbocycles. The average Bonchev–Trinajstić information content (AvgIpc) is 2.41. The molecular weight excluding hydrogens is 238 g/mol. The molecule has 0 saturated carbocycles. The molecule has 1 fully saturated rings. The summed E-state index contributed by atoms with van der Waals surface area (Å²) in [6.45, 7) is 5.60. The molecule has 2 unspecified atom stereocenters. The Labute approximate surface area is 115 Å². The van der Waals surface area contributed by atoms with Gasteiger partial charge in [-0.2, -0.15) is 0 Å². The van der Waals surface area contributed by atoms with Gasteiger partial charge in [-0.3, -0.25) is 9.78 Å². The van der Waals surface area contributed by atoms with Crippen molar-refractivity contribution in [3.63, 3.8) is 0 Å². The van der Waals surface area contributed by atoms with E-state index in [0.717, 1.165) is 30.6 Å². The first-order valence-electron chi connectivity index (χ1n) is 7.02. The highest BCUT2D eigenvalue weighted by atomic mass is 16.2. The smallest absolute Gasteiger partial charge is 0.228 e. The maximum atomic E-state index is 12.4. The number of likely N-dealkylation sites (tertiary alicyclic amines) is 1. The third-order valence-electron chi connectivity index (χ3n) is 4.01. The molecule has 2 rings (SSSR count). The van der Waals surface area contributed by atoms with Crippen molar-refractivity contribution in [1.82, 2.24) is 9.88 Å². The fraction of sp³-hybridized carbons (Fsp3) is 0.600. The summed E-state index contributed by atoms with van der Waals surface area (Å²) >= 11 is 0. The minimum atomic E-state index is 0.157. The van der Waals surface area contributed by atoms with E-state index in [0.29, 0.717) is 18.9 Å². The molecule has 2 heterocycles. The van der Waals surface area contributed by atoms with Gasteiger partial charge in [0.05, 0.1) is 12.1 Å². The maximum Gasteiger partial charge on any atom is 0.228 e. The number of nitrogens with two attached hydrogens (primary N) is 1. The number of carbonyl (C=O) groups excluding carboxylic acids is 1. The standard InChI is InChI=1S/C15H23N3O/c1-11-5-7-18(13(8-11)10-16)15(19)9-14-12(2)4-3-6-17-14/h3-4,6,11,13H,5,7-10,16H2,1-2H3. The Bertz CT molecular complexity index is 447. The van der Waals surface area contributed by atoms with Crippen LogP contribution >= 0.6 is 0 Å². The van der Waals surface area contributed by atoms with E-state index in [1.165, 1.54) is 0 Å². The normalized spacial score (nSPS) is 23.4. The Hall–Kier alpha value is -1.42. The molecule has 0 spiro atoms. The zero-order chi connectivity index (χ0) is 13.8. The monoisotopic (exact) mass is 261 g/mol. The fourth-order valence-electron chi connectivity index (χ4n) is 2.75. The van der Waals surface area contributed by atoms with Crippen LogP contribution in [0.25, 0.3) is 0 Å². The number of rotatable bonds is 3. The van der Waals surface area contributed by atoms with Crippen molar-refractivity contribution in [1.29, 1.82) is 0 Å². The van der Waals surface area contributed by atoms with Gasteiger partial charge < -0.3 is 10.6 Å². The lowest BCUT2D eigenvalue weighted by molar-refractivity contribution is -0.134. The van der Waals surface area contributed by atoms with Gasteiger partial charge >= 0.3 is 0 Å². The molecule has 1 aromatic rings. The summed E-state index contributed by atoms with van der Waals surface area (Å²) in [5, 5.41) is 0.